The Kier molecular flexibility index (Phi) is 6.27. The van der Waals surface area contributed by atoms with E-state index in [2.05, 4.69) is 11.0 Å². The number of morpholine rings is 1. The second-order valence-electron chi connectivity index (χ2n) is 8.51. The normalized spacial score (nSPS) is 13.9. The van der Waals surface area contributed by atoms with E-state index in [4.69, 9.17) is 32.9 Å². The van der Waals surface area contributed by atoms with E-state index in [0.29, 0.717) is 45.7 Å². The van der Waals surface area contributed by atoms with Crippen LogP contribution in [-0.2, 0) is 4.74 Å². The van der Waals surface area contributed by atoms with Gasteiger partial charge in [-0.25, -0.2) is 4.98 Å². The zero-order valence-electron chi connectivity index (χ0n) is 19.2. The molecular formula is C28H21Cl2N3O2S. The highest BCUT2D eigenvalue weighted by Gasteiger charge is 2.23. The minimum atomic E-state index is -0.118. The average Bonchev–Trinajstić information content (AvgIpc) is 3.36. The molecule has 3 aromatic carbocycles. The summed E-state index contributed by atoms with van der Waals surface area (Å²) >= 11 is 14.0. The predicted molar refractivity (Wildman–Crippen MR) is 149 cm³/mol. The van der Waals surface area contributed by atoms with Crippen molar-refractivity contribution in [2.75, 3.05) is 31.2 Å². The van der Waals surface area contributed by atoms with Crippen molar-refractivity contribution in [2.45, 2.75) is 0 Å². The quantitative estimate of drug-likeness (QED) is 0.251. The molecule has 1 saturated heterocycles. The van der Waals surface area contributed by atoms with Gasteiger partial charge < -0.3 is 9.64 Å². The molecule has 0 unspecified atom stereocenters. The number of anilines is 1. The van der Waals surface area contributed by atoms with Gasteiger partial charge in [0.05, 0.1) is 39.7 Å². The Bertz CT molecular complexity index is 1610. The highest BCUT2D eigenvalue weighted by Crippen LogP contribution is 2.43. The van der Waals surface area contributed by atoms with Gasteiger partial charge in [-0.3, -0.25) is 9.36 Å². The molecule has 0 spiro atoms. The largest absolute Gasteiger partial charge is 0.378 e. The van der Waals surface area contributed by atoms with Crippen LogP contribution in [-0.4, -0.2) is 35.9 Å². The standard InChI is InChI=1S/C28H21Cl2N3O2S/c29-19-7-5-18(6-8-19)23-17-25(36-28(23)32-13-15-35-16-14-32)26-31-24-4-2-1-3-22(24)27(34)33(26)21-11-9-20(30)10-12-21/h1-12,17H,13-16H2. The van der Waals surface area contributed by atoms with E-state index >= 15 is 0 Å². The second kappa shape index (κ2) is 9.71. The first-order chi connectivity index (χ1) is 17.6. The summed E-state index contributed by atoms with van der Waals surface area (Å²) in [6.07, 6.45) is 0. The van der Waals surface area contributed by atoms with Crippen molar-refractivity contribution in [3.63, 3.8) is 0 Å². The molecule has 0 saturated carbocycles. The summed E-state index contributed by atoms with van der Waals surface area (Å²) in [5, 5.41) is 2.99. The molecule has 3 heterocycles. The van der Waals surface area contributed by atoms with Crippen molar-refractivity contribution < 1.29 is 4.74 Å². The fourth-order valence-electron chi connectivity index (χ4n) is 4.46. The Hall–Kier alpha value is -3.16. The lowest BCUT2D eigenvalue weighted by Gasteiger charge is -2.28. The van der Waals surface area contributed by atoms with Gasteiger partial charge >= 0.3 is 0 Å². The molecule has 1 aliphatic heterocycles. The maximum absolute atomic E-state index is 13.8. The van der Waals surface area contributed by atoms with Gasteiger partial charge in [0.15, 0.2) is 5.82 Å². The number of hydrogen-bond donors (Lipinski definition) is 0. The lowest BCUT2D eigenvalue weighted by molar-refractivity contribution is 0.123. The van der Waals surface area contributed by atoms with E-state index in [0.717, 1.165) is 34.1 Å². The van der Waals surface area contributed by atoms with E-state index in [1.165, 1.54) is 0 Å². The van der Waals surface area contributed by atoms with Crippen LogP contribution < -0.4 is 10.5 Å². The first kappa shape index (κ1) is 23.3. The van der Waals surface area contributed by atoms with Gasteiger partial charge in [0.25, 0.3) is 5.56 Å². The van der Waals surface area contributed by atoms with Crippen molar-refractivity contribution in [1.82, 2.24) is 9.55 Å². The molecule has 180 valence electrons. The third-order valence-corrected chi connectivity index (χ3v) is 7.94. The van der Waals surface area contributed by atoms with E-state index < -0.39 is 0 Å². The van der Waals surface area contributed by atoms with E-state index in [9.17, 15) is 4.79 Å². The molecule has 0 bridgehead atoms. The molecule has 5 nitrogen and oxygen atoms in total. The number of aromatic nitrogens is 2. The molecule has 0 N–H and O–H groups in total. The van der Waals surface area contributed by atoms with Crippen molar-refractivity contribution in [1.29, 1.82) is 0 Å². The minimum Gasteiger partial charge on any atom is -0.378 e. The monoisotopic (exact) mass is 533 g/mol. The molecule has 0 radical (unpaired) electrons. The highest BCUT2D eigenvalue weighted by atomic mass is 35.5. The van der Waals surface area contributed by atoms with E-state index in [1.807, 2.05) is 60.7 Å². The molecular weight excluding hydrogens is 513 g/mol. The van der Waals surface area contributed by atoms with Crippen molar-refractivity contribution >= 4 is 50.4 Å². The Morgan fingerprint density at radius 1 is 0.861 bits per heavy atom. The third-order valence-electron chi connectivity index (χ3n) is 6.25. The summed E-state index contributed by atoms with van der Waals surface area (Å²) < 4.78 is 7.28. The van der Waals surface area contributed by atoms with Crippen molar-refractivity contribution in [2.24, 2.45) is 0 Å². The Morgan fingerprint density at radius 2 is 1.53 bits per heavy atom. The van der Waals surface area contributed by atoms with E-state index in [1.54, 1.807) is 28.0 Å². The van der Waals surface area contributed by atoms with Gasteiger partial charge in [-0.15, -0.1) is 11.3 Å². The molecule has 2 aromatic heterocycles. The van der Waals surface area contributed by atoms with Crippen LogP contribution in [0.5, 0.6) is 0 Å². The van der Waals surface area contributed by atoms with E-state index in [-0.39, 0.29) is 5.56 Å². The van der Waals surface area contributed by atoms with Crippen LogP contribution in [0.3, 0.4) is 0 Å². The third kappa shape index (κ3) is 4.31. The van der Waals surface area contributed by atoms with Gasteiger partial charge in [-0.1, -0.05) is 47.5 Å². The molecule has 1 aliphatic rings. The average molecular weight is 534 g/mol. The van der Waals surface area contributed by atoms with Crippen LogP contribution in [0.15, 0.2) is 83.7 Å². The maximum Gasteiger partial charge on any atom is 0.266 e. The summed E-state index contributed by atoms with van der Waals surface area (Å²) in [4.78, 5) is 22.0. The van der Waals surface area contributed by atoms with Crippen molar-refractivity contribution in [3.8, 4) is 27.5 Å². The predicted octanol–water partition coefficient (Wildman–Crippen LogP) is 6.92. The van der Waals surface area contributed by atoms with Crippen LogP contribution in [0.1, 0.15) is 0 Å². The Labute approximate surface area is 222 Å². The zero-order chi connectivity index (χ0) is 24.6. The van der Waals surface area contributed by atoms with Gasteiger partial charge in [0.1, 0.15) is 0 Å². The summed E-state index contributed by atoms with van der Waals surface area (Å²) in [5.74, 6) is 0.598. The van der Waals surface area contributed by atoms with Crippen LogP contribution in [0.25, 0.3) is 38.4 Å². The summed E-state index contributed by atoms with van der Waals surface area (Å²) in [6.45, 7) is 2.96. The first-order valence-electron chi connectivity index (χ1n) is 11.6. The number of benzene rings is 3. The minimum absolute atomic E-state index is 0.118. The smallest absolute Gasteiger partial charge is 0.266 e. The van der Waals surface area contributed by atoms with Crippen molar-refractivity contribution in [3.05, 3.63) is 99.3 Å². The second-order valence-corrected chi connectivity index (χ2v) is 10.4. The molecule has 0 atom stereocenters. The number of halogens is 2. The fraction of sp³-hybridized carbons (Fsp3) is 0.143. The maximum atomic E-state index is 13.8. The number of para-hydroxylation sites is 1. The highest BCUT2D eigenvalue weighted by molar-refractivity contribution is 7.20. The molecule has 0 amide bonds. The number of thiophene rings is 1. The van der Waals surface area contributed by atoms with Crippen LogP contribution >= 0.6 is 34.5 Å². The van der Waals surface area contributed by atoms with Gasteiger partial charge in [0.2, 0.25) is 0 Å². The van der Waals surface area contributed by atoms with Crippen LogP contribution in [0.4, 0.5) is 5.00 Å². The molecule has 5 aromatic rings. The summed E-state index contributed by atoms with van der Waals surface area (Å²) in [6, 6.07) is 24.7. The molecule has 6 rings (SSSR count). The SMILES string of the molecule is O=c1c2ccccc2nc(-c2cc(-c3ccc(Cl)cc3)c(N3CCOCC3)s2)n1-c1ccc(Cl)cc1. The Morgan fingerprint density at radius 3 is 2.25 bits per heavy atom. The van der Waals surface area contributed by atoms with Crippen LogP contribution in [0, 0.1) is 0 Å². The summed E-state index contributed by atoms with van der Waals surface area (Å²) in [7, 11) is 0. The number of rotatable bonds is 4. The lowest BCUT2D eigenvalue weighted by Crippen LogP contribution is -2.35. The zero-order valence-corrected chi connectivity index (χ0v) is 21.5. The number of hydrogen-bond acceptors (Lipinski definition) is 5. The number of nitrogens with zero attached hydrogens (tertiary/aromatic N) is 3. The number of ether oxygens (including phenoxy) is 1. The van der Waals surface area contributed by atoms with Gasteiger partial charge in [-0.05, 0) is 60.2 Å². The molecule has 1 fully saturated rings. The first-order valence-corrected chi connectivity index (χ1v) is 13.2. The van der Waals surface area contributed by atoms with Crippen LogP contribution in [0.2, 0.25) is 10.0 Å². The topological polar surface area (TPSA) is 47.4 Å². The fourth-order valence-corrected chi connectivity index (χ4v) is 5.92. The van der Waals surface area contributed by atoms with Gasteiger partial charge in [-0.2, -0.15) is 0 Å². The Balaban J connectivity index is 1.61. The molecule has 36 heavy (non-hydrogen) atoms. The summed E-state index contributed by atoms with van der Waals surface area (Å²) in [5.41, 5.74) is 3.40. The number of fused-ring (bicyclic) bond motifs is 1. The lowest BCUT2D eigenvalue weighted by atomic mass is 10.1. The van der Waals surface area contributed by atoms with Gasteiger partial charge in [0, 0.05) is 28.7 Å². The molecule has 8 heteroatoms. The molecule has 0 aliphatic carbocycles.